The second kappa shape index (κ2) is 8.06. The van der Waals surface area contributed by atoms with Gasteiger partial charge in [-0.3, -0.25) is 9.69 Å². The number of hydrogen-bond donors (Lipinski definition) is 1. The molecule has 0 bridgehead atoms. The van der Waals surface area contributed by atoms with Gasteiger partial charge in [0.1, 0.15) is 11.6 Å². The van der Waals surface area contributed by atoms with Crippen molar-refractivity contribution in [1.29, 1.82) is 0 Å². The standard InChI is InChI=1S/C18H25ClN2O4/c1-18(2,3)25-17(24)21-10-8-20(9-11-21)15(16(22)23)12-13-4-6-14(19)7-5-13/h4-7,15H,8-12H2,1-3H3,(H,22,23). The molecular weight excluding hydrogens is 344 g/mol. The van der Waals surface area contributed by atoms with E-state index in [4.69, 9.17) is 16.3 Å². The van der Waals surface area contributed by atoms with Crippen molar-refractivity contribution >= 4 is 23.7 Å². The first-order valence-electron chi connectivity index (χ1n) is 8.35. The van der Waals surface area contributed by atoms with E-state index in [2.05, 4.69) is 0 Å². The van der Waals surface area contributed by atoms with Crippen molar-refractivity contribution in [2.24, 2.45) is 0 Å². The minimum absolute atomic E-state index is 0.350. The first-order valence-corrected chi connectivity index (χ1v) is 8.73. The number of carboxylic acid groups (broad SMARTS) is 1. The number of ether oxygens (including phenoxy) is 1. The predicted molar refractivity (Wildman–Crippen MR) is 96.0 cm³/mol. The third-order valence-electron chi connectivity index (χ3n) is 4.03. The van der Waals surface area contributed by atoms with E-state index >= 15 is 0 Å². The summed E-state index contributed by atoms with van der Waals surface area (Å²) in [6.45, 7) is 7.40. The maximum Gasteiger partial charge on any atom is 0.410 e. The molecule has 0 aromatic heterocycles. The molecule has 1 aliphatic heterocycles. The third-order valence-corrected chi connectivity index (χ3v) is 4.29. The number of halogens is 1. The van der Waals surface area contributed by atoms with Gasteiger partial charge in [-0.25, -0.2) is 4.79 Å². The van der Waals surface area contributed by atoms with Crippen LogP contribution in [0.2, 0.25) is 5.02 Å². The summed E-state index contributed by atoms with van der Waals surface area (Å²) >= 11 is 5.87. The average Bonchev–Trinajstić information content (AvgIpc) is 2.52. The number of carbonyl (C=O) groups is 2. The van der Waals surface area contributed by atoms with Gasteiger partial charge in [0.25, 0.3) is 0 Å². The summed E-state index contributed by atoms with van der Waals surface area (Å²) in [6, 6.07) is 6.58. The summed E-state index contributed by atoms with van der Waals surface area (Å²) < 4.78 is 5.37. The summed E-state index contributed by atoms with van der Waals surface area (Å²) in [5, 5.41) is 10.2. The molecule has 1 saturated heterocycles. The van der Waals surface area contributed by atoms with Gasteiger partial charge in [0.2, 0.25) is 0 Å². The van der Waals surface area contributed by atoms with Crippen LogP contribution in [0.5, 0.6) is 0 Å². The largest absolute Gasteiger partial charge is 0.480 e. The minimum Gasteiger partial charge on any atom is -0.480 e. The predicted octanol–water partition coefficient (Wildman–Crippen LogP) is 2.89. The minimum atomic E-state index is -0.860. The highest BCUT2D eigenvalue weighted by atomic mass is 35.5. The highest BCUT2D eigenvalue weighted by Gasteiger charge is 2.31. The van der Waals surface area contributed by atoms with Crippen molar-refractivity contribution < 1.29 is 19.4 Å². The zero-order chi connectivity index (χ0) is 18.6. The van der Waals surface area contributed by atoms with Crippen LogP contribution in [0.25, 0.3) is 0 Å². The topological polar surface area (TPSA) is 70.1 Å². The summed E-state index contributed by atoms with van der Waals surface area (Å²) in [6.07, 6.45) is 0.0515. The van der Waals surface area contributed by atoms with Gasteiger partial charge in [-0.2, -0.15) is 0 Å². The fourth-order valence-corrected chi connectivity index (χ4v) is 2.88. The molecule has 138 valence electrons. The van der Waals surface area contributed by atoms with E-state index in [-0.39, 0.29) is 6.09 Å². The first-order chi connectivity index (χ1) is 11.7. The van der Waals surface area contributed by atoms with E-state index in [9.17, 15) is 14.7 Å². The molecular formula is C18H25ClN2O4. The van der Waals surface area contributed by atoms with Crippen molar-refractivity contribution in [3.63, 3.8) is 0 Å². The normalized spacial score (nSPS) is 17.2. The van der Waals surface area contributed by atoms with Gasteiger partial charge in [0.15, 0.2) is 0 Å². The van der Waals surface area contributed by atoms with Crippen molar-refractivity contribution in [3.05, 3.63) is 34.9 Å². The molecule has 1 heterocycles. The molecule has 1 unspecified atom stereocenters. The van der Waals surface area contributed by atoms with Crippen LogP contribution in [0.3, 0.4) is 0 Å². The van der Waals surface area contributed by atoms with E-state index in [0.29, 0.717) is 37.6 Å². The molecule has 0 saturated carbocycles. The molecule has 1 aromatic rings. The van der Waals surface area contributed by atoms with E-state index in [0.717, 1.165) is 5.56 Å². The molecule has 1 aliphatic rings. The second-order valence-corrected chi connectivity index (χ2v) is 7.62. The lowest BCUT2D eigenvalue weighted by atomic mass is 10.0. The van der Waals surface area contributed by atoms with Crippen LogP contribution in [-0.4, -0.2) is 64.8 Å². The van der Waals surface area contributed by atoms with Gasteiger partial charge in [0, 0.05) is 31.2 Å². The van der Waals surface area contributed by atoms with Crippen LogP contribution in [0.1, 0.15) is 26.3 Å². The molecule has 6 nitrogen and oxygen atoms in total. The number of nitrogens with zero attached hydrogens (tertiary/aromatic N) is 2. The van der Waals surface area contributed by atoms with Crippen LogP contribution < -0.4 is 0 Å². The van der Waals surface area contributed by atoms with E-state index in [1.807, 2.05) is 37.8 Å². The number of aliphatic carboxylic acids is 1. The number of benzene rings is 1. The Morgan fingerprint density at radius 2 is 1.72 bits per heavy atom. The van der Waals surface area contributed by atoms with Gasteiger partial charge in [-0.05, 0) is 44.9 Å². The Morgan fingerprint density at radius 3 is 2.20 bits per heavy atom. The van der Waals surface area contributed by atoms with Crippen LogP contribution >= 0.6 is 11.6 Å². The molecule has 0 aliphatic carbocycles. The van der Waals surface area contributed by atoms with Crippen molar-refractivity contribution in [1.82, 2.24) is 9.80 Å². The van der Waals surface area contributed by atoms with Crippen molar-refractivity contribution in [2.75, 3.05) is 26.2 Å². The Labute approximate surface area is 153 Å². The van der Waals surface area contributed by atoms with Crippen LogP contribution in [0.4, 0.5) is 4.79 Å². The molecule has 25 heavy (non-hydrogen) atoms. The number of piperazine rings is 1. The van der Waals surface area contributed by atoms with Gasteiger partial charge >= 0.3 is 12.1 Å². The van der Waals surface area contributed by atoms with Crippen LogP contribution in [0.15, 0.2) is 24.3 Å². The molecule has 7 heteroatoms. The quantitative estimate of drug-likeness (QED) is 0.884. The molecule has 1 fully saturated rings. The lowest BCUT2D eigenvalue weighted by Crippen LogP contribution is -2.55. The van der Waals surface area contributed by atoms with Crippen molar-refractivity contribution in [3.8, 4) is 0 Å². The Hall–Kier alpha value is -1.79. The molecule has 1 atom stereocenters. The Bertz CT molecular complexity index is 604. The molecule has 1 aromatic carbocycles. The maximum absolute atomic E-state index is 12.1. The SMILES string of the molecule is CC(C)(C)OC(=O)N1CCN(C(Cc2ccc(Cl)cc2)C(=O)O)CC1. The number of carboxylic acids is 1. The molecule has 1 N–H and O–H groups in total. The smallest absolute Gasteiger partial charge is 0.410 e. The number of carbonyl (C=O) groups excluding carboxylic acids is 1. The molecule has 0 spiro atoms. The Morgan fingerprint density at radius 1 is 1.16 bits per heavy atom. The van der Waals surface area contributed by atoms with Gasteiger partial charge in [-0.15, -0.1) is 0 Å². The van der Waals surface area contributed by atoms with E-state index in [1.165, 1.54) is 0 Å². The maximum atomic E-state index is 12.1. The van der Waals surface area contributed by atoms with Crippen molar-refractivity contribution in [2.45, 2.75) is 38.8 Å². The Kier molecular flexibility index (Phi) is 6.30. The number of rotatable bonds is 4. The average molecular weight is 369 g/mol. The van der Waals surface area contributed by atoms with E-state index < -0.39 is 17.6 Å². The third kappa shape index (κ3) is 5.90. The lowest BCUT2D eigenvalue weighted by molar-refractivity contribution is -0.143. The Balaban J connectivity index is 1.95. The second-order valence-electron chi connectivity index (χ2n) is 7.19. The summed E-state index contributed by atoms with van der Waals surface area (Å²) in [5.74, 6) is -0.860. The van der Waals surface area contributed by atoms with Gasteiger partial charge in [0.05, 0.1) is 0 Å². The highest BCUT2D eigenvalue weighted by Crippen LogP contribution is 2.17. The molecule has 2 rings (SSSR count). The summed E-state index contributed by atoms with van der Waals surface area (Å²) in [7, 11) is 0. The fraction of sp³-hybridized carbons (Fsp3) is 0.556. The lowest BCUT2D eigenvalue weighted by Gasteiger charge is -2.38. The number of hydrogen-bond acceptors (Lipinski definition) is 4. The highest BCUT2D eigenvalue weighted by molar-refractivity contribution is 6.30. The molecule has 0 radical (unpaired) electrons. The zero-order valence-corrected chi connectivity index (χ0v) is 15.6. The first kappa shape index (κ1) is 19.5. The monoisotopic (exact) mass is 368 g/mol. The van der Waals surface area contributed by atoms with Crippen LogP contribution in [-0.2, 0) is 16.0 Å². The van der Waals surface area contributed by atoms with Gasteiger partial charge in [-0.1, -0.05) is 23.7 Å². The van der Waals surface area contributed by atoms with Gasteiger partial charge < -0.3 is 14.7 Å². The zero-order valence-electron chi connectivity index (χ0n) is 14.9. The summed E-state index contributed by atoms with van der Waals surface area (Å²) in [5.41, 5.74) is 0.387. The van der Waals surface area contributed by atoms with Crippen LogP contribution in [0, 0.1) is 0 Å². The molecule has 1 amide bonds. The number of amides is 1. The van der Waals surface area contributed by atoms with E-state index in [1.54, 1.807) is 17.0 Å². The fourth-order valence-electron chi connectivity index (χ4n) is 2.76. The summed E-state index contributed by atoms with van der Waals surface area (Å²) in [4.78, 5) is 27.3.